The summed E-state index contributed by atoms with van der Waals surface area (Å²) in [6.45, 7) is 0.633. The molecule has 1 saturated carbocycles. The summed E-state index contributed by atoms with van der Waals surface area (Å²) in [5.41, 5.74) is 7.01. The number of nitrogens with two attached hydrogens (primary N) is 1. The summed E-state index contributed by atoms with van der Waals surface area (Å²) in [7, 11) is 3.22. The zero-order valence-electron chi connectivity index (χ0n) is 9.55. The summed E-state index contributed by atoms with van der Waals surface area (Å²) < 4.78 is 10.7. The van der Waals surface area contributed by atoms with E-state index in [1.54, 1.807) is 14.2 Å². The van der Waals surface area contributed by atoms with Crippen LogP contribution in [0.5, 0.6) is 11.5 Å². The minimum absolute atomic E-state index is 0.0726. The van der Waals surface area contributed by atoms with E-state index in [1.165, 1.54) is 0 Å². The molecule has 0 amide bonds. The Labute approximate surface area is 100 Å². The molecular formula is C12H16ClNO2. The van der Waals surface area contributed by atoms with Gasteiger partial charge in [0.1, 0.15) is 0 Å². The zero-order chi connectivity index (χ0) is 11.8. The number of hydrogen-bond donors (Lipinski definition) is 1. The highest BCUT2D eigenvalue weighted by atomic mass is 35.5. The fraction of sp³-hybridized carbons (Fsp3) is 0.500. The summed E-state index contributed by atoms with van der Waals surface area (Å²) in [5.74, 6) is 1.32. The van der Waals surface area contributed by atoms with E-state index >= 15 is 0 Å². The molecule has 88 valence electrons. The lowest BCUT2D eigenvalue weighted by Gasteiger charge is -2.19. The standard InChI is InChI=1S/C12H16ClNO2/c1-15-10-8(12(7-14)5-6-12)3-4-9(13)11(10)16-2/h3-4H,5-7,14H2,1-2H3. The van der Waals surface area contributed by atoms with E-state index in [0.29, 0.717) is 17.3 Å². The molecule has 0 atom stereocenters. The van der Waals surface area contributed by atoms with Crippen molar-refractivity contribution in [2.75, 3.05) is 20.8 Å². The first-order valence-corrected chi connectivity index (χ1v) is 5.67. The third-order valence-electron chi connectivity index (χ3n) is 3.29. The first-order chi connectivity index (χ1) is 7.68. The van der Waals surface area contributed by atoms with Crippen LogP contribution < -0.4 is 15.2 Å². The zero-order valence-corrected chi connectivity index (χ0v) is 10.3. The van der Waals surface area contributed by atoms with Gasteiger partial charge < -0.3 is 15.2 Å². The number of ether oxygens (including phenoxy) is 2. The molecule has 0 saturated heterocycles. The van der Waals surface area contributed by atoms with E-state index in [-0.39, 0.29) is 5.41 Å². The molecule has 0 aromatic heterocycles. The van der Waals surface area contributed by atoms with Crippen LogP contribution in [0, 0.1) is 0 Å². The molecule has 1 aliphatic rings. The van der Waals surface area contributed by atoms with Gasteiger partial charge in [0.2, 0.25) is 0 Å². The Bertz CT molecular complexity index is 402. The quantitative estimate of drug-likeness (QED) is 0.880. The van der Waals surface area contributed by atoms with Crippen molar-refractivity contribution in [2.45, 2.75) is 18.3 Å². The number of methoxy groups -OCH3 is 2. The second-order valence-electron chi connectivity index (χ2n) is 4.15. The van der Waals surface area contributed by atoms with Crippen LogP contribution in [0.25, 0.3) is 0 Å². The summed E-state index contributed by atoms with van der Waals surface area (Å²) in [4.78, 5) is 0. The SMILES string of the molecule is COc1c(Cl)ccc(C2(CN)CC2)c1OC. The van der Waals surface area contributed by atoms with Crippen LogP contribution in [-0.2, 0) is 5.41 Å². The Hall–Kier alpha value is -0.930. The lowest BCUT2D eigenvalue weighted by atomic mass is 9.95. The van der Waals surface area contributed by atoms with Gasteiger partial charge in [0.25, 0.3) is 0 Å². The van der Waals surface area contributed by atoms with Crippen molar-refractivity contribution in [1.29, 1.82) is 0 Å². The fourth-order valence-corrected chi connectivity index (χ4v) is 2.31. The predicted molar refractivity (Wildman–Crippen MR) is 64.5 cm³/mol. The highest BCUT2D eigenvalue weighted by Gasteiger charge is 2.45. The Kier molecular flexibility index (Phi) is 3.00. The van der Waals surface area contributed by atoms with Gasteiger partial charge in [-0.1, -0.05) is 17.7 Å². The molecule has 2 N–H and O–H groups in total. The van der Waals surface area contributed by atoms with E-state index in [4.69, 9.17) is 26.8 Å². The molecule has 3 nitrogen and oxygen atoms in total. The Morgan fingerprint density at radius 1 is 1.25 bits per heavy atom. The van der Waals surface area contributed by atoms with Crippen LogP contribution in [0.2, 0.25) is 5.02 Å². The van der Waals surface area contributed by atoms with Gasteiger partial charge in [-0.2, -0.15) is 0 Å². The molecule has 0 radical (unpaired) electrons. The Balaban J connectivity index is 2.54. The molecule has 1 fully saturated rings. The average Bonchev–Trinajstić information content (AvgIpc) is 3.09. The monoisotopic (exact) mass is 241 g/mol. The first kappa shape index (κ1) is 11.6. The summed E-state index contributed by atoms with van der Waals surface area (Å²) >= 11 is 6.06. The maximum absolute atomic E-state index is 6.06. The molecule has 0 unspecified atom stereocenters. The lowest BCUT2D eigenvalue weighted by molar-refractivity contribution is 0.348. The third kappa shape index (κ3) is 1.64. The number of halogens is 1. The van der Waals surface area contributed by atoms with Gasteiger partial charge in [0, 0.05) is 17.5 Å². The molecule has 2 rings (SSSR count). The molecule has 1 aliphatic carbocycles. The maximum Gasteiger partial charge on any atom is 0.179 e. The molecule has 0 heterocycles. The summed E-state index contributed by atoms with van der Waals surface area (Å²) in [6.07, 6.45) is 2.20. The highest BCUT2D eigenvalue weighted by molar-refractivity contribution is 6.32. The third-order valence-corrected chi connectivity index (χ3v) is 3.59. The van der Waals surface area contributed by atoms with Gasteiger partial charge in [-0.15, -0.1) is 0 Å². The van der Waals surface area contributed by atoms with E-state index in [0.717, 1.165) is 24.2 Å². The smallest absolute Gasteiger partial charge is 0.179 e. The van der Waals surface area contributed by atoms with Gasteiger partial charge in [0.05, 0.1) is 19.2 Å². The molecule has 4 heteroatoms. The van der Waals surface area contributed by atoms with Crippen LogP contribution >= 0.6 is 11.6 Å². The van der Waals surface area contributed by atoms with E-state index in [2.05, 4.69) is 0 Å². The van der Waals surface area contributed by atoms with Gasteiger partial charge >= 0.3 is 0 Å². The Morgan fingerprint density at radius 3 is 2.31 bits per heavy atom. The molecular weight excluding hydrogens is 226 g/mol. The van der Waals surface area contributed by atoms with Crippen LogP contribution in [0.1, 0.15) is 18.4 Å². The van der Waals surface area contributed by atoms with Crippen molar-refractivity contribution in [2.24, 2.45) is 5.73 Å². The van der Waals surface area contributed by atoms with Crippen molar-refractivity contribution in [1.82, 2.24) is 0 Å². The van der Waals surface area contributed by atoms with E-state index < -0.39 is 0 Å². The van der Waals surface area contributed by atoms with Crippen LogP contribution in [0.4, 0.5) is 0 Å². The fourth-order valence-electron chi connectivity index (χ4n) is 2.08. The summed E-state index contributed by atoms with van der Waals surface area (Å²) in [5, 5.41) is 0.566. The molecule has 16 heavy (non-hydrogen) atoms. The number of benzene rings is 1. The van der Waals surface area contributed by atoms with Crippen LogP contribution in [0.15, 0.2) is 12.1 Å². The minimum Gasteiger partial charge on any atom is -0.492 e. The minimum atomic E-state index is 0.0726. The van der Waals surface area contributed by atoms with Gasteiger partial charge in [0.15, 0.2) is 11.5 Å². The molecule has 0 spiro atoms. The molecule has 1 aromatic rings. The van der Waals surface area contributed by atoms with Crippen molar-refractivity contribution in [3.63, 3.8) is 0 Å². The van der Waals surface area contributed by atoms with Gasteiger partial charge in [-0.25, -0.2) is 0 Å². The van der Waals surface area contributed by atoms with Crippen LogP contribution in [0.3, 0.4) is 0 Å². The van der Waals surface area contributed by atoms with Crippen molar-refractivity contribution >= 4 is 11.6 Å². The Morgan fingerprint density at radius 2 is 1.88 bits per heavy atom. The predicted octanol–water partition coefficient (Wildman–Crippen LogP) is 2.35. The van der Waals surface area contributed by atoms with E-state index in [9.17, 15) is 0 Å². The molecule has 0 bridgehead atoms. The van der Waals surface area contributed by atoms with Crippen molar-refractivity contribution in [3.8, 4) is 11.5 Å². The lowest BCUT2D eigenvalue weighted by Crippen LogP contribution is -2.20. The maximum atomic E-state index is 6.06. The number of rotatable bonds is 4. The summed E-state index contributed by atoms with van der Waals surface area (Å²) in [6, 6.07) is 3.83. The van der Waals surface area contributed by atoms with Gasteiger partial charge in [-0.3, -0.25) is 0 Å². The van der Waals surface area contributed by atoms with Crippen molar-refractivity contribution in [3.05, 3.63) is 22.7 Å². The highest BCUT2D eigenvalue weighted by Crippen LogP contribution is 2.53. The van der Waals surface area contributed by atoms with Crippen molar-refractivity contribution < 1.29 is 9.47 Å². The topological polar surface area (TPSA) is 44.5 Å². The second-order valence-corrected chi connectivity index (χ2v) is 4.55. The van der Waals surface area contributed by atoms with Crippen LogP contribution in [-0.4, -0.2) is 20.8 Å². The molecule has 0 aliphatic heterocycles. The number of hydrogen-bond acceptors (Lipinski definition) is 3. The molecule has 1 aromatic carbocycles. The van der Waals surface area contributed by atoms with Gasteiger partial charge in [-0.05, 0) is 18.9 Å². The normalized spacial score (nSPS) is 17.0. The largest absolute Gasteiger partial charge is 0.492 e. The second kappa shape index (κ2) is 4.15. The van der Waals surface area contributed by atoms with E-state index in [1.807, 2.05) is 12.1 Å². The average molecular weight is 242 g/mol. The first-order valence-electron chi connectivity index (χ1n) is 5.29.